The Morgan fingerprint density at radius 1 is 1.15 bits per heavy atom. The number of amides is 1. The van der Waals surface area contributed by atoms with E-state index in [0.29, 0.717) is 18.2 Å². The van der Waals surface area contributed by atoms with Crippen LogP contribution >= 0.6 is 0 Å². The summed E-state index contributed by atoms with van der Waals surface area (Å²) in [6.07, 6.45) is 4.20. The van der Waals surface area contributed by atoms with Crippen molar-refractivity contribution in [1.82, 2.24) is 9.88 Å². The van der Waals surface area contributed by atoms with Crippen LogP contribution in [0.4, 0.5) is 10.1 Å². The number of para-hydroxylation sites is 1. The molecule has 0 aliphatic carbocycles. The molecule has 0 unspecified atom stereocenters. The van der Waals surface area contributed by atoms with Crippen molar-refractivity contribution in [3.8, 4) is 0 Å². The minimum Gasteiger partial charge on any atom is -0.361 e. The molecular formula is C21H22FN3O. The second kappa shape index (κ2) is 7.30. The zero-order valence-electron chi connectivity index (χ0n) is 14.5. The molecule has 0 bridgehead atoms. The van der Waals surface area contributed by atoms with Crippen molar-refractivity contribution >= 4 is 22.5 Å². The number of fused-ring (bicyclic) bond motifs is 1. The van der Waals surface area contributed by atoms with Crippen LogP contribution in [0.3, 0.4) is 0 Å². The molecule has 1 saturated heterocycles. The number of halogens is 1. The van der Waals surface area contributed by atoms with E-state index in [2.05, 4.69) is 39.6 Å². The van der Waals surface area contributed by atoms with Gasteiger partial charge >= 0.3 is 0 Å². The maximum absolute atomic E-state index is 13.2. The lowest BCUT2D eigenvalue weighted by Crippen LogP contribution is -2.38. The smallest absolute Gasteiger partial charge is 0.238 e. The van der Waals surface area contributed by atoms with Crippen LogP contribution < -0.4 is 5.32 Å². The molecule has 4 rings (SSSR count). The maximum Gasteiger partial charge on any atom is 0.238 e. The summed E-state index contributed by atoms with van der Waals surface area (Å²) in [5, 5.41) is 4.07. The van der Waals surface area contributed by atoms with Gasteiger partial charge < -0.3 is 10.3 Å². The van der Waals surface area contributed by atoms with Crippen LogP contribution in [0.1, 0.15) is 24.3 Å². The Morgan fingerprint density at radius 3 is 2.77 bits per heavy atom. The third-order valence-corrected chi connectivity index (χ3v) is 5.12. The molecule has 134 valence electrons. The zero-order valence-corrected chi connectivity index (χ0v) is 14.5. The largest absolute Gasteiger partial charge is 0.361 e. The Balaban J connectivity index is 1.33. The molecule has 2 heterocycles. The van der Waals surface area contributed by atoms with E-state index in [9.17, 15) is 9.18 Å². The van der Waals surface area contributed by atoms with Crippen molar-refractivity contribution in [3.05, 3.63) is 66.1 Å². The number of aromatic amines is 1. The number of nitrogens with zero attached hydrogens (tertiary/aromatic N) is 1. The summed E-state index contributed by atoms with van der Waals surface area (Å²) in [6, 6.07) is 14.4. The van der Waals surface area contributed by atoms with E-state index >= 15 is 0 Å². The van der Waals surface area contributed by atoms with Crippen LogP contribution in [0.2, 0.25) is 0 Å². The van der Waals surface area contributed by atoms with Crippen LogP contribution in [0.25, 0.3) is 10.9 Å². The highest BCUT2D eigenvalue weighted by molar-refractivity contribution is 5.92. The number of likely N-dealkylation sites (tertiary alicyclic amines) is 1. The van der Waals surface area contributed by atoms with Crippen molar-refractivity contribution < 1.29 is 9.18 Å². The Bertz CT molecular complexity index is 912. The Labute approximate surface area is 152 Å². The predicted molar refractivity (Wildman–Crippen MR) is 102 cm³/mol. The van der Waals surface area contributed by atoms with Crippen LogP contribution in [0, 0.1) is 5.82 Å². The van der Waals surface area contributed by atoms with E-state index in [1.54, 1.807) is 12.1 Å². The maximum atomic E-state index is 13.2. The normalized spacial score (nSPS) is 16.0. The van der Waals surface area contributed by atoms with Gasteiger partial charge in [0.1, 0.15) is 5.82 Å². The Morgan fingerprint density at radius 2 is 1.96 bits per heavy atom. The summed E-state index contributed by atoms with van der Waals surface area (Å²) < 4.78 is 13.2. The van der Waals surface area contributed by atoms with Crippen LogP contribution in [0.5, 0.6) is 0 Å². The molecule has 5 heteroatoms. The van der Waals surface area contributed by atoms with E-state index in [4.69, 9.17) is 0 Å². The van der Waals surface area contributed by atoms with Gasteiger partial charge in [-0.1, -0.05) is 24.3 Å². The van der Waals surface area contributed by atoms with Crippen LogP contribution in [0.15, 0.2) is 54.7 Å². The molecule has 3 aromatic rings. The molecule has 1 aliphatic heterocycles. The molecule has 2 N–H and O–H groups in total. The zero-order chi connectivity index (χ0) is 17.9. The number of aromatic nitrogens is 1. The number of hydrogen-bond acceptors (Lipinski definition) is 2. The molecule has 0 radical (unpaired) electrons. The highest BCUT2D eigenvalue weighted by atomic mass is 19.1. The number of hydrogen-bond donors (Lipinski definition) is 2. The molecule has 4 nitrogen and oxygen atoms in total. The highest BCUT2D eigenvalue weighted by Gasteiger charge is 2.23. The molecule has 1 amide bonds. The number of anilines is 1. The van der Waals surface area contributed by atoms with E-state index in [1.807, 2.05) is 6.07 Å². The summed E-state index contributed by atoms with van der Waals surface area (Å²) >= 11 is 0. The van der Waals surface area contributed by atoms with Gasteiger partial charge in [0.25, 0.3) is 0 Å². The van der Waals surface area contributed by atoms with Crippen LogP contribution in [-0.2, 0) is 4.79 Å². The van der Waals surface area contributed by atoms with E-state index in [1.165, 1.54) is 28.6 Å². The van der Waals surface area contributed by atoms with Gasteiger partial charge in [0.05, 0.1) is 6.54 Å². The van der Waals surface area contributed by atoms with Gasteiger partial charge in [0, 0.05) is 22.8 Å². The van der Waals surface area contributed by atoms with Crippen molar-refractivity contribution in [3.63, 3.8) is 0 Å². The van der Waals surface area contributed by atoms with Gasteiger partial charge in [-0.25, -0.2) is 4.39 Å². The molecular weight excluding hydrogens is 329 g/mol. The average molecular weight is 351 g/mol. The van der Waals surface area contributed by atoms with E-state index in [0.717, 1.165) is 25.9 Å². The Kier molecular flexibility index (Phi) is 4.71. The average Bonchev–Trinajstić information content (AvgIpc) is 3.06. The van der Waals surface area contributed by atoms with Gasteiger partial charge in [0.2, 0.25) is 5.91 Å². The molecule has 1 fully saturated rings. The summed E-state index contributed by atoms with van der Waals surface area (Å²) in [5.41, 5.74) is 3.06. The first-order valence-electron chi connectivity index (χ1n) is 9.03. The number of rotatable bonds is 4. The SMILES string of the molecule is O=C(CN1CCC(c2c[nH]c3ccccc23)CC1)Nc1cccc(F)c1. The lowest BCUT2D eigenvalue weighted by atomic mass is 9.89. The standard InChI is InChI=1S/C21H22FN3O/c22-16-4-3-5-17(12-16)24-21(26)14-25-10-8-15(9-11-25)19-13-23-20-7-2-1-6-18(19)20/h1-7,12-13,15,23H,8-11,14H2,(H,24,26). The Hall–Kier alpha value is -2.66. The topological polar surface area (TPSA) is 48.1 Å². The molecule has 0 spiro atoms. The first-order valence-corrected chi connectivity index (χ1v) is 9.03. The van der Waals surface area contributed by atoms with Gasteiger partial charge in [0.15, 0.2) is 0 Å². The van der Waals surface area contributed by atoms with Gasteiger partial charge in [-0.2, -0.15) is 0 Å². The fourth-order valence-corrected chi connectivity index (χ4v) is 3.80. The van der Waals surface area contributed by atoms with Crippen molar-refractivity contribution in [2.24, 2.45) is 0 Å². The number of nitrogens with one attached hydrogen (secondary N) is 2. The summed E-state index contributed by atoms with van der Waals surface area (Å²) in [4.78, 5) is 17.7. The second-order valence-electron chi connectivity index (χ2n) is 6.90. The molecule has 2 aromatic carbocycles. The minimum atomic E-state index is -0.345. The first-order chi connectivity index (χ1) is 12.7. The molecule has 26 heavy (non-hydrogen) atoms. The monoisotopic (exact) mass is 351 g/mol. The highest BCUT2D eigenvalue weighted by Crippen LogP contribution is 2.32. The number of H-pyrrole nitrogens is 1. The molecule has 1 aliphatic rings. The lowest BCUT2D eigenvalue weighted by molar-refractivity contribution is -0.117. The number of piperidine rings is 1. The van der Waals surface area contributed by atoms with Crippen molar-refractivity contribution in [2.75, 3.05) is 25.0 Å². The lowest BCUT2D eigenvalue weighted by Gasteiger charge is -2.31. The van der Waals surface area contributed by atoms with Crippen LogP contribution in [-0.4, -0.2) is 35.4 Å². The fourth-order valence-electron chi connectivity index (χ4n) is 3.80. The molecule has 0 saturated carbocycles. The van der Waals surface area contributed by atoms with Gasteiger partial charge in [-0.15, -0.1) is 0 Å². The van der Waals surface area contributed by atoms with E-state index < -0.39 is 0 Å². The third kappa shape index (κ3) is 3.63. The summed E-state index contributed by atoms with van der Waals surface area (Å²) in [5.74, 6) is 0.0807. The number of carbonyl (C=O) groups is 1. The number of benzene rings is 2. The quantitative estimate of drug-likeness (QED) is 0.743. The second-order valence-corrected chi connectivity index (χ2v) is 6.90. The van der Waals surface area contributed by atoms with Crippen molar-refractivity contribution in [1.29, 1.82) is 0 Å². The summed E-state index contributed by atoms with van der Waals surface area (Å²) in [6.45, 7) is 2.12. The molecule has 0 atom stereocenters. The third-order valence-electron chi connectivity index (χ3n) is 5.12. The number of carbonyl (C=O) groups excluding carboxylic acids is 1. The summed E-state index contributed by atoms with van der Waals surface area (Å²) in [7, 11) is 0. The van der Waals surface area contributed by atoms with E-state index in [-0.39, 0.29) is 11.7 Å². The fraction of sp³-hybridized carbons (Fsp3) is 0.286. The predicted octanol–water partition coefficient (Wildman–Crippen LogP) is 4.13. The minimum absolute atomic E-state index is 0.0962. The van der Waals surface area contributed by atoms with Crippen molar-refractivity contribution in [2.45, 2.75) is 18.8 Å². The molecule has 1 aromatic heterocycles. The van der Waals surface area contributed by atoms with Gasteiger partial charge in [-0.3, -0.25) is 9.69 Å². The first kappa shape index (κ1) is 16.8. The van der Waals surface area contributed by atoms with Gasteiger partial charge in [-0.05, 0) is 61.7 Å².